The summed E-state index contributed by atoms with van der Waals surface area (Å²) in [4.78, 5) is 6.41. The molecule has 0 N–H and O–H groups in total. The first-order valence-electron chi connectivity index (χ1n) is 5.45. The van der Waals surface area contributed by atoms with Gasteiger partial charge in [-0.3, -0.25) is 4.98 Å². The Hall–Kier alpha value is -1.33. The second kappa shape index (κ2) is 4.95. The Balaban J connectivity index is 1.95. The molecule has 1 aromatic rings. The van der Waals surface area contributed by atoms with E-state index in [0.717, 1.165) is 5.56 Å². The highest BCUT2D eigenvalue weighted by Crippen LogP contribution is 2.14. The molecule has 0 saturated carbocycles. The number of likely N-dealkylation sites (tertiary alicyclic amines) is 1. The lowest BCUT2D eigenvalue weighted by Crippen LogP contribution is -2.29. The van der Waals surface area contributed by atoms with E-state index in [2.05, 4.69) is 28.8 Å². The van der Waals surface area contributed by atoms with Crippen molar-refractivity contribution in [3.05, 3.63) is 30.1 Å². The minimum atomic E-state index is 0.571. The maximum atomic E-state index is 4.05. The van der Waals surface area contributed by atoms with Gasteiger partial charge in [0.05, 0.1) is 0 Å². The summed E-state index contributed by atoms with van der Waals surface area (Å²) >= 11 is 0. The molecule has 2 rings (SSSR count). The lowest BCUT2D eigenvalue weighted by molar-refractivity contribution is 0.248. The molecule has 1 aliphatic rings. The van der Waals surface area contributed by atoms with Crippen LogP contribution in [0.1, 0.15) is 18.4 Å². The summed E-state index contributed by atoms with van der Waals surface area (Å²) < 4.78 is 0. The number of hydrogen-bond donors (Lipinski definition) is 0. The third-order valence-electron chi connectivity index (χ3n) is 2.80. The van der Waals surface area contributed by atoms with Crippen LogP contribution in [0.4, 0.5) is 0 Å². The average molecular weight is 200 g/mol. The Morgan fingerprint density at radius 3 is 2.87 bits per heavy atom. The third kappa shape index (κ3) is 3.07. The zero-order valence-corrected chi connectivity index (χ0v) is 9.11. The van der Waals surface area contributed by atoms with Gasteiger partial charge < -0.3 is 4.90 Å². The van der Waals surface area contributed by atoms with E-state index in [1.54, 1.807) is 6.20 Å². The van der Waals surface area contributed by atoms with E-state index in [1.165, 1.54) is 25.9 Å². The molecule has 1 fully saturated rings. The van der Waals surface area contributed by atoms with Gasteiger partial charge in [-0.1, -0.05) is 11.8 Å². The summed E-state index contributed by atoms with van der Waals surface area (Å²) in [6.07, 6.45) is 6.00. The van der Waals surface area contributed by atoms with Gasteiger partial charge in [-0.25, -0.2) is 0 Å². The van der Waals surface area contributed by atoms with Crippen molar-refractivity contribution in [1.29, 1.82) is 0 Å². The zero-order valence-electron chi connectivity index (χ0n) is 9.11. The summed E-state index contributed by atoms with van der Waals surface area (Å²) in [6.45, 7) is 2.35. The molecule has 15 heavy (non-hydrogen) atoms. The molecule has 2 heteroatoms. The van der Waals surface area contributed by atoms with E-state index < -0.39 is 0 Å². The van der Waals surface area contributed by atoms with Crippen molar-refractivity contribution < 1.29 is 0 Å². The van der Waals surface area contributed by atoms with E-state index in [9.17, 15) is 0 Å². The van der Waals surface area contributed by atoms with Crippen LogP contribution in [0.2, 0.25) is 0 Å². The maximum absolute atomic E-state index is 4.05. The lowest BCUT2D eigenvalue weighted by atomic mass is 9.97. The molecule has 2 nitrogen and oxygen atoms in total. The van der Waals surface area contributed by atoms with Crippen LogP contribution in [0.5, 0.6) is 0 Å². The first-order valence-corrected chi connectivity index (χ1v) is 5.45. The van der Waals surface area contributed by atoms with Crippen LogP contribution < -0.4 is 0 Å². The van der Waals surface area contributed by atoms with Gasteiger partial charge in [0.25, 0.3) is 0 Å². The van der Waals surface area contributed by atoms with Crippen molar-refractivity contribution in [2.75, 3.05) is 20.1 Å². The van der Waals surface area contributed by atoms with Crippen LogP contribution in [-0.2, 0) is 0 Å². The number of aromatic nitrogens is 1. The largest absolute Gasteiger partial charge is 0.306 e. The number of pyridine rings is 1. The van der Waals surface area contributed by atoms with Gasteiger partial charge in [0, 0.05) is 23.9 Å². The normalized spacial score (nSPS) is 18.2. The molecule has 0 atom stereocenters. The van der Waals surface area contributed by atoms with Crippen molar-refractivity contribution in [1.82, 2.24) is 9.88 Å². The number of nitrogens with zero attached hydrogens (tertiary/aromatic N) is 2. The third-order valence-corrected chi connectivity index (χ3v) is 2.80. The Labute approximate surface area is 91.3 Å². The monoisotopic (exact) mass is 200 g/mol. The highest BCUT2D eigenvalue weighted by atomic mass is 15.1. The van der Waals surface area contributed by atoms with Crippen LogP contribution in [0, 0.1) is 17.8 Å². The van der Waals surface area contributed by atoms with Crippen LogP contribution >= 0.6 is 0 Å². The molecule has 1 saturated heterocycles. The van der Waals surface area contributed by atoms with Gasteiger partial charge in [0.15, 0.2) is 0 Å². The molecule has 0 unspecified atom stereocenters. The average Bonchev–Trinajstić information content (AvgIpc) is 2.30. The Kier molecular flexibility index (Phi) is 3.37. The summed E-state index contributed by atoms with van der Waals surface area (Å²) in [5.41, 5.74) is 1.02. The Morgan fingerprint density at radius 1 is 1.40 bits per heavy atom. The zero-order chi connectivity index (χ0) is 10.5. The summed E-state index contributed by atoms with van der Waals surface area (Å²) in [6, 6.07) is 3.94. The quantitative estimate of drug-likeness (QED) is 0.593. The molecule has 1 aromatic heterocycles. The van der Waals surface area contributed by atoms with Gasteiger partial charge in [-0.05, 0) is 45.1 Å². The van der Waals surface area contributed by atoms with E-state index >= 15 is 0 Å². The fraction of sp³-hybridized carbons (Fsp3) is 0.462. The highest BCUT2D eigenvalue weighted by molar-refractivity contribution is 5.31. The first kappa shape index (κ1) is 10.2. The molecule has 78 valence electrons. The van der Waals surface area contributed by atoms with Gasteiger partial charge in [0.1, 0.15) is 0 Å². The molecular weight excluding hydrogens is 184 g/mol. The molecule has 0 amide bonds. The van der Waals surface area contributed by atoms with Gasteiger partial charge in [0.2, 0.25) is 0 Å². The summed E-state index contributed by atoms with van der Waals surface area (Å²) in [7, 11) is 2.17. The van der Waals surface area contributed by atoms with E-state index in [-0.39, 0.29) is 0 Å². The van der Waals surface area contributed by atoms with Crippen molar-refractivity contribution in [2.45, 2.75) is 12.8 Å². The standard InChI is InChI=1S/C13H16N2/c1-15-9-6-12(7-10-15)4-5-13-3-2-8-14-11-13/h2-3,8,11-12H,6-7,9-10H2,1H3. The van der Waals surface area contributed by atoms with Crippen molar-refractivity contribution in [3.63, 3.8) is 0 Å². The number of piperidine rings is 1. The van der Waals surface area contributed by atoms with Crippen molar-refractivity contribution in [3.8, 4) is 11.8 Å². The molecular formula is C13H16N2. The van der Waals surface area contributed by atoms with Crippen molar-refractivity contribution in [2.24, 2.45) is 5.92 Å². The van der Waals surface area contributed by atoms with Gasteiger partial charge >= 0.3 is 0 Å². The van der Waals surface area contributed by atoms with E-state index in [0.29, 0.717) is 5.92 Å². The van der Waals surface area contributed by atoms with Crippen LogP contribution in [0.15, 0.2) is 24.5 Å². The number of rotatable bonds is 0. The van der Waals surface area contributed by atoms with Gasteiger partial charge in [-0.15, -0.1) is 0 Å². The topological polar surface area (TPSA) is 16.1 Å². The van der Waals surface area contributed by atoms with Gasteiger partial charge in [-0.2, -0.15) is 0 Å². The molecule has 0 radical (unpaired) electrons. The van der Waals surface area contributed by atoms with E-state index in [4.69, 9.17) is 0 Å². The van der Waals surface area contributed by atoms with Crippen LogP contribution in [-0.4, -0.2) is 30.0 Å². The molecule has 0 bridgehead atoms. The molecule has 0 aromatic carbocycles. The fourth-order valence-electron chi connectivity index (χ4n) is 1.78. The van der Waals surface area contributed by atoms with Crippen molar-refractivity contribution >= 4 is 0 Å². The highest BCUT2D eigenvalue weighted by Gasteiger charge is 2.13. The van der Waals surface area contributed by atoms with E-state index in [1.807, 2.05) is 18.3 Å². The fourth-order valence-corrected chi connectivity index (χ4v) is 1.78. The van der Waals surface area contributed by atoms with Crippen LogP contribution in [0.3, 0.4) is 0 Å². The first-order chi connectivity index (χ1) is 7.34. The Morgan fingerprint density at radius 2 is 2.20 bits per heavy atom. The predicted molar refractivity (Wildman–Crippen MR) is 61.3 cm³/mol. The molecule has 0 spiro atoms. The second-order valence-electron chi connectivity index (χ2n) is 4.09. The van der Waals surface area contributed by atoms with Crippen LogP contribution in [0.25, 0.3) is 0 Å². The second-order valence-corrected chi connectivity index (χ2v) is 4.09. The number of hydrogen-bond acceptors (Lipinski definition) is 2. The maximum Gasteiger partial charge on any atom is 0.0428 e. The summed E-state index contributed by atoms with van der Waals surface area (Å²) in [5.74, 6) is 7.11. The Bertz CT molecular complexity index is 353. The summed E-state index contributed by atoms with van der Waals surface area (Å²) in [5, 5.41) is 0. The minimum Gasteiger partial charge on any atom is -0.306 e. The SMILES string of the molecule is CN1CCC(C#Cc2cccnc2)CC1. The molecule has 0 aliphatic carbocycles. The molecule has 2 heterocycles. The molecule has 1 aliphatic heterocycles. The lowest BCUT2D eigenvalue weighted by Gasteiger charge is -2.25. The smallest absolute Gasteiger partial charge is 0.0428 e. The predicted octanol–water partition coefficient (Wildman–Crippen LogP) is 1.77. The minimum absolute atomic E-state index is 0.571.